The van der Waals surface area contributed by atoms with Gasteiger partial charge in [0.15, 0.2) is 0 Å². The van der Waals surface area contributed by atoms with Gasteiger partial charge in [-0.05, 0) is 17.7 Å². The number of aromatic amines is 1. The maximum absolute atomic E-state index is 11.9. The molecule has 1 aromatic heterocycles. The van der Waals surface area contributed by atoms with Crippen LogP contribution in [-0.4, -0.2) is 22.7 Å². The molecule has 86 valence electrons. The third kappa shape index (κ3) is 2.73. The Hall–Kier alpha value is -1.56. The lowest BCUT2D eigenvalue weighted by Gasteiger charge is -2.07. The second-order valence-corrected chi connectivity index (χ2v) is 3.47. The number of nitrogens with zero attached hydrogens (tertiary/aromatic N) is 1. The van der Waals surface area contributed by atoms with Crippen LogP contribution in [-0.2, 0) is 6.54 Å². The van der Waals surface area contributed by atoms with Gasteiger partial charge in [0.2, 0.25) is 0 Å². The average Bonchev–Trinajstić information content (AvgIpc) is 2.62. The first-order chi connectivity index (χ1) is 7.54. The summed E-state index contributed by atoms with van der Waals surface area (Å²) < 4.78 is 35.6. The van der Waals surface area contributed by atoms with Crippen molar-refractivity contribution < 1.29 is 13.2 Å². The topological polar surface area (TPSA) is 40.7 Å². The number of aromatic nitrogens is 2. The van der Waals surface area contributed by atoms with Crippen molar-refractivity contribution >= 4 is 11.0 Å². The van der Waals surface area contributed by atoms with Crippen molar-refractivity contribution in [1.29, 1.82) is 0 Å². The Morgan fingerprint density at radius 2 is 2.12 bits per heavy atom. The van der Waals surface area contributed by atoms with Crippen LogP contribution in [0.1, 0.15) is 5.56 Å². The minimum Gasteiger partial charge on any atom is -0.345 e. The van der Waals surface area contributed by atoms with E-state index >= 15 is 0 Å². The third-order valence-corrected chi connectivity index (χ3v) is 2.14. The number of alkyl halides is 3. The number of fused-ring (bicyclic) bond motifs is 1. The molecule has 3 nitrogen and oxygen atoms in total. The van der Waals surface area contributed by atoms with E-state index in [0.29, 0.717) is 0 Å². The first-order valence-electron chi connectivity index (χ1n) is 4.74. The lowest BCUT2D eigenvalue weighted by molar-refractivity contribution is -0.125. The van der Waals surface area contributed by atoms with Crippen molar-refractivity contribution in [2.45, 2.75) is 12.7 Å². The van der Waals surface area contributed by atoms with E-state index in [1.54, 1.807) is 24.5 Å². The number of H-pyrrole nitrogens is 1. The van der Waals surface area contributed by atoms with Crippen LogP contribution in [0, 0.1) is 0 Å². The van der Waals surface area contributed by atoms with Crippen LogP contribution in [0.4, 0.5) is 13.2 Å². The van der Waals surface area contributed by atoms with Crippen molar-refractivity contribution in [2.24, 2.45) is 0 Å². The van der Waals surface area contributed by atoms with Gasteiger partial charge >= 0.3 is 6.18 Å². The number of nitrogens with one attached hydrogen (secondary N) is 2. The highest BCUT2D eigenvalue weighted by molar-refractivity contribution is 5.74. The summed E-state index contributed by atoms with van der Waals surface area (Å²) in [6, 6.07) is 5.31. The van der Waals surface area contributed by atoms with E-state index in [9.17, 15) is 13.2 Å². The van der Waals surface area contributed by atoms with Gasteiger partial charge in [0, 0.05) is 6.54 Å². The number of rotatable bonds is 3. The fourth-order valence-electron chi connectivity index (χ4n) is 1.44. The van der Waals surface area contributed by atoms with E-state index < -0.39 is 12.7 Å². The molecule has 0 saturated heterocycles. The molecular weight excluding hydrogens is 219 g/mol. The predicted molar refractivity (Wildman–Crippen MR) is 53.9 cm³/mol. The molecule has 0 unspecified atom stereocenters. The molecule has 0 aliphatic heterocycles. The van der Waals surface area contributed by atoms with Crippen LogP contribution in [0.3, 0.4) is 0 Å². The molecule has 0 spiro atoms. The van der Waals surface area contributed by atoms with Gasteiger partial charge in [-0.3, -0.25) is 0 Å². The zero-order valence-electron chi connectivity index (χ0n) is 8.30. The summed E-state index contributed by atoms with van der Waals surface area (Å²) in [4.78, 5) is 6.93. The van der Waals surface area contributed by atoms with Crippen LogP contribution in [0.15, 0.2) is 24.5 Å². The summed E-state index contributed by atoms with van der Waals surface area (Å²) in [6.45, 7) is -0.789. The Morgan fingerprint density at radius 1 is 1.31 bits per heavy atom. The van der Waals surface area contributed by atoms with Gasteiger partial charge in [0.05, 0.1) is 23.9 Å². The molecule has 2 rings (SSSR count). The summed E-state index contributed by atoms with van der Waals surface area (Å²) in [5.41, 5.74) is 2.42. The monoisotopic (exact) mass is 229 g/mol. The minimum absolute atomic E-state index is 0.189. The van der Waals surface area contributed by atoms with E-state index in [-0.39, 0.29) is 6.54 Å². The molecule has 16 heavy (non-hydrogen) atoms. The fourth-order valence-corrected chi connectivity index (χ4v) is 1.44. The van der Waals surface area contributed by atoms with E-state index in [4.69, 9.17) is 0 Å². The number of benzene rings is 1. The van der Waals surface area contributed by atoms with Crippen LogP contribution >= 0.6 is 0 Å². The fraction of sp³-hybridized carbons (Fsp3) is 0.300. The molecule has 0 aliphatic rings. The summed E-state index contributed by atoms with van der Waals surface area (Å²) in [5, 5.41) is 2.34. The summed E-state index contributed by atoms with van der Waals surface area (Å²) >= 11 is 0. The summed E-state index contributed by atoms with van der Waals surface area (Å²) in [7, 11) is 0. The SMILES string of the molecule is FC(F)(F)CNCc1ccc2nc[nH]c2c1. The first-order valence-corrected chi connectivity index (χ1v) is 4.74. The largest absolute Gasteiger partial charge is 0.401 e. The Balaban J connectivity index is 1.99. The van der Waals surface area contributed by atoms with E-state index in [1.165, 1.54) is 0 Å². The lowest BCUT2D eigenvalue weighted by atomic mass is 10.2. The molecule has 2 aromatic rings. The first kappa shape index (κ1) is 10.9. The molecule has 0 atom stereocenters. The van der Waals surface area contributed by atoms with Crippen LogP contribution in [0.25, 0.3) is 11.0 Å². The molecular formula is C10H10F3N3. The van der Waals surface area contributed by atoms with E-state index in [2.05, 4.69) is 15.3 Å². The van der Waals surface area contributed by atoms with Gasteiger partial charge in [0.1, 0.15) is 0 Å². The van der Waals surface area contributed by atoms with Crippen molar-refractivity contribution in [1.82, 2.24) is 15.3 Å². The zero-order valence-corrected chi connectivity index (χ0v) is 8.30. The van der Waals surface area contributed by atoms with Crippen molar-refractivity contribution in [3.8, 4) is 0 Å². The Labute approximate surface area is 89.7 Å². The molecule has 0 radical (unpaired) electrons. The van der Waals surface area contributed by atoms with Crippen molar-refractivity contribution in [3.63, 3.8) is 0 Å². The number of hydrogen-bond acceptors (Lipinski definition) is 2. The smallest absolute Gasteiger partial charge is 0.345 e. The van der Waals surface area contributed by atoms with Gasteiger partial charge in [-0.2, -0.15) is 13.2 Å². The van der Waals surface area contributed by atoms with Crippen LogP contribution in [0.5, 0.6) is 0 Å². The molecule has 2 N–H and O–H groups in total. The Morgan fingerprint density at radius 3 is 2.88 bits per heavy atom. The Kier molecular flexibility index (Phi) is 2.82. The highest BCUT2D eigenvalue weighted by Crippen LogP contribution is 2.14. The van der Waals surface area contributed by atoms with Crippen molar-refractivity contribution in [2.75, 3.05) is 6.54 Å². The van der Waals surface area contributed by atoms with Crippen LogP contribution in [0.2, 0.25) is 0 Å². The highest BCUT2D eigenvalue weighted by atomic mass is 19.4. The van der Waals surface area contributed by atoms with Gasteiger partial charge < -0.3 is 10.3 Å². The normalized spacial score (nSPS) is 12.2. The number of imidazole rings is 1. The number of halogens is 3. The molecule has 0 aliphatic carbocycles. The third-order valence-electron chi connectivity index (χ3n) is 2.14. The van der Waals surface area contributed by atoms with E-state index in [1.807, 2.05) is 0 Å². The molecule has 0 fully saturated rings. The standard InChI is InChI=1S/C10H10F3N3/c11-10(12,13)5-14-4-7-1-2-8-9(3-7)16-6-15-8/h1-3,6,14H,4-5H2,(H,15,16). The maximum atomic E-state index is 11.9. The summed E-state index contributed by atoms with van der Waals surface area (Å²) in [6.07, 6.45) is -2.62. The van der Waals surface area contributed by atoms with Gasteiger partial charge in [-0.1, -0.05) is 6.07 Å². The second kappa shape index (κ2) is 4.13. The number of hydrogen-bond donors (Lipinski definition) is 2. The maximum Gasteiger partial charge on any atom is 0.401 e. The molecule has 1 heterocycles. The lowest BCUT2D eigenvalue weighted by Crippen LogP contribution is -2.28. The van der Waals surface area contributed by atoms with Crippen LogP contribution < -0.4 is 5.32 Å². The van der Waals surface area contributed by atoms with Gasteiger partial charge in [0.25, 0.3) is 0 Å². The minimum atomic E-state index is -4.17. The van der Waals surface area contributed by atoms with Gasteiger partial charge in [-0.15, -0.1) is 0 Å². The molecule has 6 heteroatoms. The molecule has 0 amide bonds. The van der Waals surface area contributed by atoms with Gasteiger partial charge in [-0.25, -0.2) is 4.98 Å². The Bertz CT molecular complexity index is 475. The predicted octanol–water partition coefficient (Wildman–Crippen LogP) is 2.21. The highest BCUT2D eigenvalue weighted by Gasteiger charge is 2.25. The van der Waals surface area contributed by atoms with Crippen molar-refractivity contribution in [3.05, 3.63) is 30.1 Å². The second-order valence-electron chi connectivity index (χ2n) is 3.47. The molecule has 0 bridgehead atoms. The zero-order chi connectivity index (χ0) is 11.6. The average molecular weight is 229 g/mol. The quantitative estimate of drug-likeness (QED) is 0.847. The molecule has 0 saturated carbocycles. The van der Waals surface area contributed by atoms with E-state index in [0.717, 1.165) is 16.6 Å². The summed E-state index contributed by atoms with van der Waals surface area (Å²) in [5.74, 6) is 0. The molecule has 1 aromatic carbocycles.